The van der Waals surface area contributed by atoms with Gasteiger partial charge in [0.1, 0.15) is 0 Å². The minimum atomic E-state index is -0.297. The predicted molar refractivity (Wildman–Crippen MR) is 86.3 cm³/mol. The monoisotopic (exact) mass is 311 g/mol. The van der Waals surface area contributed by atoms with E-state index < -0.39 is 0 Å². The first-order valence-corrected chi connectivity index (χ1v) is 7.31. The highest BCUT2D eigenvalue weighted by Gasteiger charge is 2.13. The lowest BCUT2D eigenvalue weighted by Gasteiger charge is -2.05. The van der Waals surface area contributed by atoms with Crippen LogP contribution in [0.15, 0.2) is 53.3 Å². The third-order valence-electron chi connectivity index (χ3n) is 3.58. The summed E-state index contributed by atoms with van der Waals surface area (Å²) >= 11 is 0. The number of carbonyl (C=O) groups is 2. The van der Waals surface area contributed by atoms with Gasteiger partial charge in [-0.25, -0.2) is 0 Å². The second-order valence-electron chi connectivity index (χ2n) is 5.16. The van der Waals surface area contributed by atoms with Crippen molar-refractivity contribution in [2.24, 2.45) is 7.05 Å². The molecule has 0 atom stereocenters. The summed E-state index contributed by atoms with van der Waals surface area (Å²) in [4.78, 5) is 24.0. The molecule has 0 saturated carbocycles. The molecule has 3 aromatic rings. The molecule has 0 bridgehead atoms. The first kappa shape index (κ1) is 14.9. The van der Waals surface area contributed by atoms with Gasteiger partial charge in [0.15, 0.2) is 5.76 Å². The highest BCUT2D eigenvalue weighted by atomic mass is 16.3. The van der Waals surface area contributed by atoms with Gasteiger partial charge >= 0.3 is 0 Å². The molecule has 0 radical (unpaired) electrons. The fourth-order valence-electron chi connectivity index (χ4n) is 2.46. The summed E-state index contributed by atoms with van der Waals surface area (Å²) in [6.45, 7) is 0.671. The fraction of sp³-hybridized carbons (Fsp3) is 0.176. The lowest BCUT2D eigenvalue weighted by Crippen LogP contribution is -2.34. The third-order valence-corrected chi connectivity index (χ3v) is 3.58. The summed E-state index contributed by atoms with van der Waals surface area (Å²) in [5, 5.41) is 6.40. The van der Waals surface area contributed by atoms with E-state index in [2.05, 4.69) is 10.6 Å². The van der Waals surface area contributed by atoms with Crippen LogP contribution in [0.4, 0.5) is 0 Å². The van der Waals surface area contributed by atoms with E-state index in [-0.39, 0.29) is 17.6 Å². The normalized spacial score (nSPS) is 10.7. The molecule has 2 aromatic heterocycles. The maximum atomic E-state index is 12.3. The van der Waals surface area contributed by atoms with Gasteiger partial charge in [-0.15, -0.1) is 0 Å². The first-order chi connectivity index (χ1) is 11.2. The molecule has 0 unspecified atom stereocenters. The Balaban J connectivity index is 1.56. The average molecular weight is 311 g/mol. The molecule has 23 heavy (non-hydrogen) atoms. The van der Waals surface area contributed by atoms with Crippen molar-refractivity contribution in [3.8, 4) is 0 Å². The summed E-state index contributed by atoms with van der Waals surface area (Å²) in [6.07, 6.45) is 3.25. The Kier molecular flexibility index (Phi) is 4.14. The lowest BCUT2D eigenvalue weighted by atomic mass is 10.1. The van der Waals surface area contributed by atoms with Gasteiger partial charge in [-0.1, -0.05) is 18.2 Å². The number of aromatic nitrogens is 1. The molecule has 6 heteroatoms. The number of fused-ring (bicyclic) bond motifs is 1. The number of furan rings is 1. The Morgan fingerprint density at radius 2 is 1.78 bits per heavy atom. The smallest absolute Gasteiger partial charge is 0.287 e. The standard InChI is InChI=1S/C17H17N3O3/c1-20-11-13(12-5-2-3-6-14(12)20)16(21)18-8-9-19-17(22)15-7-4-10-23-15/h2-7,10-11H,8-9H2,1H3,(H,18,21)(H,19,22). The van der Waals surface area contributed by atoms with Crippen molar-refractivity contribution in [2.45, 2.75) is 0 Å². The molecule has 0 aliphatic rings. The number of aryl methyl sites for hydroxylation is 1. The fourth-order valence-corrected chi connectivity index (χ4v) is 2.46. The quantitative estimate of drug-likeness (QED) is 0.707. The number of hydrogen-bond donors (Lipinski definition) is 2. The zero-order chi connectivity index (χ0) is 16.2. The first-order valence-electron chi connectivity index (χ1n) is 7.31. The zero-order valence-electron chi connectivity index (χ0n) is 12.7. The summed E-state index contributed by atoms with van der Waals surface area (Å²) < 4.78 is 6.91. The largest absolute Gasteiger partial charge is 0.459 e. The van der Waals surface area contributed by atoms with Crippen molar-refractivity contribution in [1.82, 2.24) is 15.2 Å². The molecular formula is C17H17N3O3. The van der Waals surface area contributed by atoms with Crippen molar-refractivity contribution < 1.29 is 14.0 Å². The summed E-state index contributed by atoms with van der Waals surface area (Å²) in [5.41, 5.74) is 1.63. The molecule has 2 N–H and O–H groups in total. The van der Waals surface area contributed by atoms with E-state index in [4.69, 9.17) is 4.42 Å². The lowest BCUT2D eigenvalue weighted by molar-refractivity contribution is 0.0911. The van der Waals surface area contributed by atoms with Gasteiger partial charge in [0.25, 0.3) is 11.8 Å². The highest BCUT2D eigenvalue weighted by Crippen LogP contribution is 2.19. The van der Waals surface area contributed by atoms with Gasteiger partial charge in [-0.05, 0) is 18.2 Å². The Bertz CT molecular complexity index is 834. The molecule has 3 rings (SSSR count). The SMILES string of the molecule is Cn1cc(C(=O)NCCNC(=O)c2ccco2)c2ccccc21. The molecule has 1 aromatic carbocycles. The molecular weight excluding hydrogens is 294 g/mol. The highest BCUT2D eigenvalue weighted by molar-refractivity contribution is 6.07. The third kappa shape index (κ3) is 3.11. The molecule has 2 amide bonds. The number of nitrogens with zero attached hydrogens (tertiary/aromatic N) is 1. The van der Waals surface area contributed by atoms with E-state index in [1.807, 2.05) is 35.9 Å². The van der Waals surface area contributed by atoms with Crippen molar-refractivity contribution in [2.75, 3.05) is 13.1 Å². The molecule has 0 aliphatic carbocycles. The van der Waals surface area contributed by atoms with Crippen LogP contribution in [0.3, 0.4) is 0 Å². The van der Waals surface area contributed by atoms with E-state index in [9.17, 15) is 9.59 Å². The second kappa shape index (κ2) is 6.39. The number of hydrogen-bond acceptors (Lipinski definition) is 3. The van der Waals surface area contributed by atoms with E-state index in [1.54, 1.807) is 18.3 Å². The van der Waals surface area contributed by atoms with Crippen LogP contribution in [0, 0.1) is 0 Å². The predicted octanol–water partition coefficient (Wildman–Crippen LogP) is 1.93. The van der Waals surface area contributed by atoms with Gasteiger partial charge in [-0.3, -0.25) is 9.59 Å². The molecule has 118 valence electrons. The number of amides is 2. The van der Waals surface area contributed by atoms with Crippen molar-refractivity contribution in [1.29, 1.82) is 0 Å². The van der Waals surface area contributed by atoms with Crippen molar-refractivity contribution >= 4 is 22.7 Å². The summed E-state index contributed by atoms with van der Waals surface area (Å²) in [6, 6.07) is 11.0. The zero-order valence-corrected chi connectivity index (χ0v) is 12.7. The van der Waals surface area contributed by atoms with E-state index >= 15 is 0 Å². The number of para-hydroxylation sites is 1. The van der Waals surface area contributed by atoms with Gasteiger partial charge < -0.3 is 19.6 Å². The van der Waals surface area contributed by atoms with Crippen molar-refractivity contribution in [3.63, 3.8) is 0 Å². The minimum Gasteiger partial charge on any atom is -0.459 e. The number of nitrogens with one attached hydrogen (secondary N) is 2. The number of rotatable bonds is 5. The topological polar surface area (TPSA) is 76.3 Å². The minimum absolute atomic E-state index is 0.158. The van der Waals surface area contributed by atoms with Crippen LogP contribution >= 0.6 is 0 Å². The molecule has 6 nitrogen and oxygen atoms in total. The maximum Gasteiger partial charge on any atom is 0.287 e. The van der Waals surface area contributed by atoms with Crippen LogP contribution in [-0.2, 0) is 7.05 Å². The number of carbonyl (C=O) groups excluding carboxylic acids is 2. The number of benzene rings is 1. The molecule has 0 fully saturated rings. The second-order valence-corrected chi connectivity index (χ2v) is 5.16. The Morgan fingerprint density at radius 3 is 2.52 bits per heavy atom. The summed E-state index contributed by atoms with van der Waals surface area (Å²) in [7, 11) is 1.91. The van der Waals surface area contributed by atoms with E-state index in [0.29, 0.717) is 18.7 Å². The van der Waals surface area contributed by atoms with Crippen LogP contribution in [0.25, 0.3) is 10.9 Å². The Hall–Kier alpha value is -3.02. The molecule has 2 heterocycles. The van der Waals surface area contributed by atoms with Gasteiger partial charge in [-0.2, -0.15) is 0 Å². The van der Waals surface area contributed by atoms with E-state index in [0.717, 1.165) is 10.9 Å². The van der Waals surface area contributed by atoms with Crippen LogP contribution < -0.4 is 10.6 Å². The molecule has 0 aliphatic heterocycles. The molecule has 0 spiro atoms. The Labute approximate surface area is 133 Å². The van der Waals surface area contributed by atoms with Gasteiger partial charge in [0.2, 0.25) is 0 Å². The maximum absolute atomic E-state index is 12.3. The summed E-state index contributed by atoms with van der Waals surface area (Å²) in [5.74, 6) is -0.200. The molecule has 0 saturated heterocycles. The van der Waals surface area contributed by atoms with Crippen LogP contribution in [-0.4, -0.2) is 29.5 Å². The Morgan fingerprint density at radius 1 is 1.04 bits per heavy atom. The average Bonchev–Trinajstić information content (AvgIpc) is 3.20. The van der Waals surface area contributed by atoms with Gasteiger partial charge in [0.05, 0.1) is 11.8 Å². The van der Waals surface area contributed by atoms with Crippen LogP contribution in [0.5, 0.6) is 0 Å². The van der Waals surface area contributed by atoms with Crippen molar-refractivity contribution in [3.05, 3.63) is 60.2 Å². The van der Waals surface area contributed by atoms with E-state index in [1.165, 1.54) is 6.26 Å². The van der Waals surface area contributed by atoms with Crippen LogP contribution in [0.1, 0.15) is 20.9 Å². The van der Waals surface area contributed by atoms with Crippen LogP contribution in [0.2, 0.25) is 0 Å². The van der Waals surface area contributed by atoms with Gasteiger partial charge in [0, 0.05) is 37.2 Å².